The predicted molar refractivity (Wildman–Crippen MR) is 113 cm³/mol. The first-order valence-electron chi connectivity index (χ1n) is 12.3. The van der Waals surface area contributed by atoms with Crippen molar-refractivity contribution in [1.82, 2.24) is 0 Å². The van der Waals surface area contributed by atoms with Gasteiger partial charge in [-0.2, -0.15) is 0 Å². The summed E-state index contributed by atoms with van der Waals surface area (Å²) in [5, 5.41) is 0. The summed E-state index contributed by atoms with van der Waals surface area (Å²) in [7, 11) is 0. The molecule has 0 nitrogen and oxygen atoms in total. The third-order valence-electron chi connectivity index (χ3n) is 10.9. The van der Waals surface area contributed by atoms with Crippen LogP contribution in [0.25, 0.3) is 0 Å². The second-order valence-corrected chi connectivity index (χ2v) is 12.0. The minimum Gasteiger partial charge on any atom is -0.0654 e. The highest BCUT2D eigenvalue weighted by molar-refractivity contribution is 5.13. The number of fused-ring (bicyclic) bond motifs is 5. The summed E-state index contributed by atoms with van der Waals surface area (Å²) in [5.74, 6) is 5.11. The molecule has 0 N–H and O–H groups in total. The molecule has 4 aliphatic carbocycles. The maximum absolute atomic E-state index is 2.77. The van der Waals surface area contributed by atoms with E-state index in [9.17, 15) is 0 Å². The molecule has 0 aliphatic heterocycles. The molecule has 0 aromatic heterocycles. The number of rotatable bonds is 4. The number of unbranched alkanes of at least 4 members (excludes halogenated alkanes) is 2. The Morgan fingerprint density at radius 1 is 0.731 bits per heavy atom. The molecule has 8 unspecified atom stereocenters. The lowest BCUT2D eigenvalue weighted by molar-refractivity contribution is -0.168. The molecule has 0 bridgehead atoms. The van der Waals surface area contributed by atoms with Gasteiger partial charge in [-0.15, -0.1) is 0 Å². The Balaban J connectivity index is 1.56. The lowest BCUT2D eigenvalue weighted by Gasteiger charge is -2.66. The van der Waals surface area contributed by atoms with Gasteiger partial charge in [0.1, 0.15) is 0 Å². The van der Waals surface area contributed by atoms with Gasteiger partial charge in [0.05, 0.1) is 0 Å². The Morgan fingerprint density at radius 3 is 2.19 bits per heavy atom. The van der Waals surface area contributed by atoms with Crippen molar-refractivity contribution >= 4 is 0 Å². The average molecular weight is 359 g/mol. The van der Waals surface area contributed by atoms with Crippen LogP contribution < -0.4 is 0 Å². The van der Waals surface area contributed by atoms with E-state index in [2.05, 4.69) is 34.6 Å². The molecule has 8 atom stereocenters. The first kappa shape index (κ1) is 19.3. The fourth-order valence-electron chi connectivity index (χ4n) is 9.37. The molecule has 4 rings (SSSR count). The first-order chi connectivity index (χ1) is 12.3. The molecule has 0 aromatic carbocycles. The number of hydrogen-bond acceptors (Lipinski definition) is 0. The van der Waals surface area contributed by atoms with E-state index in [1.54, 1.807) is 38.5 Å². The van der Waals surface area contributed by atoms with Crippen molar-refractivity contribution in [1.29, 1.82) is 0 Å². The van der Waals surface area contributed by atoms with E-state index in [0.717, 1.165) is 29.6 Å². The van der Waals surface area contributed by atoms with Crippen molar-refractivity contribution in [3.05, 3.63) is 0 Å². The monoisotopic (exact) mass is 358 g/mol. The van der Waals surface area contributed by atoms with Crippen LogP contribution in [-0.4, -0.2) is 0 Å². The molecule has 0 heteroatoms. The highest BCUT2D eigenvalue weighted by Gasteiger charge is 2.64. The Labute approximate surface area is 164 Å². The molecule has 0 heterocycles. The van der Waals surface area contributed by atoms with Crippen molar-refractivity contribution in [3.8, 4) is 0 Å². The van der Waals surface area contributed by atoms with Crippen LogP contribution in [-0.2, 0) is 0 Å². The van der Waals surface area contributed by atoms with Crippen LogP contribution in [0, 0.1) is 45.8 Å². The van der Waals surface area contributed by atoms with Crippen LogP contribution in [0.15, 0.2) is 0 Å². The standard InChI is InChI=1S/C26H46/c1-6-7-8-9-20-10-11-22-24(20,3)17-14-23-25(4)15-12-19(2)18-21(25)13-16-26(22,23)5/h19-23H,6-18H2,1-5H3. The molecule has 4 saturated carbocycles. The molecule has 0 radical (unpaired) electrons. The Hall–Kier alpha value is 0. The molecule has 0 spiro atoms. The van der Waals surface area contributed by atoms with Crippen LogP contribution in [0.4, 0.5) is 0 Å². The summed E-state index contributed by atoms with van der Waals surface area (Å²) in [6, 6.07) is 0. The summed E-state index contributed by atoms with van der Waals surface area (Å²) in [4.78, 5) is 0. The van der Waals surface area contributed by atoms with Crippen molar-refractivity contribution in [2.45, 2.75) is 118 Å². The SMILES string of the molecule is CCCCCC1CCC2C1(C)CCC1C3(C)CCC(C)CC3CCC21C. The predicted octanol–water partition coefficient (Wildman–Crippen LogP) is 8.25. The van der Waals surface area contributed by atoms with Gasteiger partial charge in [0.15, 0.2) is 0 Å². The molecule has 0 saturated heterocycles. The largest absolute Gasteiger partial charge is 0.0654 e. The Morgan fingerprint density at radius 2 is 1.42 bits per heavy atom. The normalized spacial score (nSPS) is 53.7. The van der Waals surface area contributed by atoms with Crippen molar-refractivity contribution < 1.29 is 0 Å². The molecular formula is C26H46. The zero-order valence-corrected chi connectivity index (χ0v) is 18.6. The Kier molecular flexibility index (Phi) is 5.06. The molecule has 150 valence electrons. The van der Waals surface area contributed by atoms with Gasteiger partial charge >= 0.3 is 0 Å². The van der Waals surface area contributed by atoms with Crippen LogP contribution in [0.3, 0.4) is 0 Å². The molecule has 26 heavy (non-hydrogen) atoms. The highest BCUT2D eigenvalue weighted by Crippen LogP contribution is 2.72. The van der Waals surface area contributed by atoms with E-state index in [1.807, 2.05) is 0 Å². The molecule has 4 aliphatic rings. The summed E-state index contributed by atoms with van der Waals surface area (Å²) in [6.07, 6.45) is 19.7. The quantitative estimate of drug-likeness (QED) is 0.444. The van der Waals surface area contributed by atoms with Crippen LogP contribution in [0.2, 0.25) is 0 Å². The minimum atomic E-state index is 0.651. The third kappa shape index (κ3) is 2.75. The molecule has 4 fully saturated rings. The van der Waals surface area contributed by atoms with Crippen LogP contribution in [0.1, 0.15) is 118 Å². The fourth-order valence-corrected chi connectivity index (χ4v) is 9.37. The van der Waals surface area contributed by atoms with Gasteiger partial charge in [-0.25, -0.2) is 0 Å². The van der Waals surface area contributed by atoms with Gasteiger partial charge in [0.2, 0.25) is 0 Å². The lowest BCUT2D eigenvalue weighted by atomic mass is 9.39. The van der Waals surface area contributed by atoms with Gasteiger partial charge in [-0.05, 0) is 104 Å². The molecule has 0 amide bonds. The van der Waals surface area contributed by atoms with E-state index in [-0.39, 0.29) is 0 Å². The highest BCUT2D eigenvalue weighted by atomic mass is 14.7. The third-order valence-corrected chi connectivity index (χ3v) is 10.9. The van der Waals surface area contributed by atoms with Gasteiger partial charge in [-0.1, -0.05) is 60.3 Å². The maximum atomic E-state index is 2.77. The zero-order valence-electron chi connectivity index (χ0n) is 18.6. The van der Waals surface area contributed by atoms with Gasteiger partial charge in [0, 0.05) is 0 Å². The fraction of sp³-hybridized carbons (Fsp3) is 1.00. The summed E-state index contributed by atoms with van der Waals surface area (Å²) in [5.41, 5.74) is 1.99. The van der Waals surface area contributed by atoms with E-state index in [4.69, 9.17) is 0 Å². The van der Waals surface area contributed by atoms with E-state index >= 15 is 0 Å². The smallest absolute Gasteiger partial charge is 0.0259 e. The van der Waals surface area contributed by atoms with Crippen molar-refractivity contribution in [2.24, 2.45) is 45.8 Å². The second kappa shape index (κ2) is 6.81. The van der Waals surface area contributed by atoms with Gasteiger partial charge in [-0.3, -0.25) is 0 Å². The molecule has 0 aromatic rings. The average Bonchev–Trinajstić information content (AvgIpc) is 2.94. The van der Waals surface area contributed by atoms with Gasteiger partial charge < -0.3 is 0 Å². The van der Waals surface area contributed by atoms with Crippen LogP contribution >= 0.6 is 0 Å². The zero-order chi connectivity index (χ0) is 18.6. The van der Waals surface area contributed by atoms with E-state index in [0.29, 0.717) is 16.2 Å². The lowest BCUT2D eigenvalue weighted by Crippen LogP contribution is -2.58. The van der Waals surface area contributed by atoms with Crippen molar-refractivity contribution in [2.75, 3.05) is 0 Å². The summed E-state index contributed by atoms with van der Waals surface area (Å²) < 4.78 is 0. The summed E-state index contributed by atoms with van der Waals surface area (Å²) in [6.45, 7) is 13.1. The minimum absolute atomic E-state index is 0.651. The topological polar surface area (TPSA) is 0 Å². The van der Waals surface area contributed by atoms with E-state index < -0.39 is 0 Å². The first-order valence-corrected chi connectivity index (χ1v) is 12.3. The number of hydrogen-bond donors (Lipinski definition) is 0. The second-order valence-electron chi connectivity index (χ2n) is 12.0. The Bertz CT molecular complexity index is 508. The maximum Gasteiger partial charge on any atom is -0.0259 e. The summed E-state index contributed by atoms with van der Waals surface area (Å²) >= 11 is 0. The van der Waals surface area contributed by atoms with Gasteiger partial charge in [0.25, 0.3) is 0 Å². The van der Waals surface area contributed by atoms with Crippen molar-refractivity contribution in [3.63, 3.8) is 0 Å². The molecular weight excluding hydrogens is 312 g/mol. The van der Waals surface area contributed by atoms with Crippen LogP contribution in [0.5, 0.6) is 0 Å². The van der Waals surface area contributed by atoms with E-state index in [1.165, 1.54) is 44.9 Å².